The first kappa shape index (κ1) is 23.9. The Bertz CT molecular complexity index is 898. The predicted octanol–water partition coefficient (Wildman–Crippen LogP) is 6.31. The van der Waals surface area contributed by atoms with Crippen LogP contribution >= 0.6 is 0 Å². The molecule has 0 amide bonds. The van der Waals surface area contributed by atoms with E-state index in [2.05, 4.69) is 14.7 Å². The summed E-state index contributed by atoms with van der Waals surface area (Å²) in [5.74, 6) is -0.798. The second kappa shape index (κ2) is 9.83. The fraction of sp³-hybridized carbons (Fsp3) is 0.524. The molecule has 1 aliphatic carbocycles. The van der Waals surface area contributed by atoms with E-state index in [1.54, 1.807) is 31.2 Å². The highest BCUT2D eigenvalue weighted by atomic mass is 19.4. The van der Waals surface area contributed by atoms with Crippen LogP contribution in [0, 0.1) is 0 Å². The van der Waals surface area contributed by atoms with Crippen LogP contribution in [0.3, 0.4) is 0 Å². The molecule has 176 valence electrons. The van der Waals surface area contributed by atoms with Gasteiger partial charge in [0.2, 0.25) is 11.8 Å². The van der Waals surface area contributed by atoms with Crippen molar-refractivity contribution in [1.29, 1.82) is 0 Å². The van der Waals surface area contributed by atoms with Crippen molar-refractivity contribution in [3.63, 3.8) is 0 Å². The van der Waals surface area contributed by atoms with Gasteiger partial charge in [0.15, 0.2) is 6.61 Å². The molecule has 0 radical (unpaired) electrons. The summed E-state index contributed by atoms with van der Waals surface area (Å²) >= 11 is 0. The maximum Gasteiger partial charge on any atom is 0.423 e. The van der Waals surface area contributed by atoms with Gasteiger partial charge in [-0.05, 0) is 44.7 Å². The zero-order chi connectivity index (χ0) is 23.4. The normalized spacial score (nSPS) is 15.5. The van der Waals surface area contributed by atoms with Crippen LogP contribution in [0.2, 0.25) is 0 Å². The van der Waals surface area contributed by atoms with Crippen molar-refractivity contribution < 1.29 is 35.8 Å². The molecule has 0 bridgehead atoms. The van der Waals surface area contributed by atoms with Crippen LogP contribution < -0.4 is 14.4 Å². The minimum absolute atomic E-state index is 0.0961. The number of hydrogen-bond donors (Lipinski definition) is 0. The molecular weight excluding hydrogens is 440 g/mol. The van der Waals surface area contributed by atoms with E-state index in [1.807, 2.05) is 0 Å². The minimum atomic E-state index is -4.97. The fourth-order valence-corrected chi connectivity index (χ4v) is 3.48. The van der Waals surface area contributed by atoms with E-state index < -0.39 is 30.4 Å². The summed E-state index contributed by atoms with van der Waals surface area (Å²) in [7, 11) is 0. The summed E-state index contributed by atoms with van der Waals surface area (Å²) < 4.78 is 87.6. The highest BCUT2D eigenvalue weighted by molar-refractivity contribution is 5.60. The molecule has 0 saturated heterocycles. The Balaban J connectivity index is 1.88. The minimum Gasteiger partial charge on any atom is -0.490 e. The van der Waals surface area contributed by atoms with Crippen molar-refractivity contribution in [3.8, 4) is 11.6 Å². The van der Waals surface area contributed by atoms with Gasteiger partial charge < -0.3 is 14.4 Å². The number of aromatic nitrogens is 2. The van der Waals surface area contributed by atoms with Gasteiger partial charge in [0.05, 0.1) is 6.10 Å². The number of anilines is 2. The van der Waals surface area contributed by atoms with Gasteiger partial charge in [-0.25, -0.2) is 4.98 Å². The summed E-state index contributed by atoms with van der Waals surface area (Å²) in [6.07, 6.45) is -4.01. The average Bonchev–Trinajstić information content (AvgIpc) is 2.73. The molecule has 1 heterocycles. The molecule has 0 unspecified atom stereocenters. The van der Waals surface area contributed by atoms with E-state index in [9.17, 15) is 26.3 Å². The summed E-state index contributed by atoms with van der Waals surface area (Å²) in [5, 5.41) is 0. The van der Waals surface area contributed by atoms with Crippen molar-refractivity contribution >= 4 is 11.6 Å². The molecule has 0 spiro atoms. The largest absolute Gasteiger partial charge is 0.490 e. The Morgan fingerprint density at radius 2 is 1.78 bits per heavy atom. The highest BCUT2D eigenvalue weighted by Crippen LogP contribution is 2.37. The molecule has 1 saturated carbocycles. The van der Waals surface area contributed by atoms with E-state index in [4.69, 9.17) is 4.74 Å². The second-order valence-electron chi connectivity index (χ2n) is 7.41. The number of ether oxygens (including phenoxy) is 2. The quantitative estimate of drug-likeness (QED) is 0.451. The second-order valence-corrected chi connectivity index (χ2v) is 7.41. The third kappa shape index (κ3) is 6.39. The Morgan fingerprint density at radius 3 is 2.41 bits per heavy atom. The first-order valence-electron chi connectivity index (χ1n) is 10.2. The molecule has 2 aromatic rings. The lowest BCUT2D eigenvalue weighted by atomic mass is 9.98. The van der Waals surface area contributed by atoms with Gasteiger partial charge in [-0.3, -0.25) is 0 Å². The van der Waals surface area contributed by atoms with Gasteiger partial charge in [-0.1, -0.05) is 12.5 Å². The summed E-state index contributed by atoms with van der Waals surface area (Å²) in [5.41, 5.74) is -0.946. The molecule has 32 heavy (non-hydrogen) atoms. The van der Waals surface area contributed by atoms with Crippen LogP contribution in [-0.4, -0.2) is 35.4 Å². The number of hydrogen-bond acceptors (Lipinski definition) is 5. The van der Waals surface area contributed by atoms with Crippen LogP contribution in [0.1, 0.15) is 44.6 Å². The van der Waals surface area contributed by atoms with E-state index in [-0.39, 0.29) is 18.6 Å². The Hall–Kier alpha value is -2.72. The lowest BCUT2D eigenvalue weighted by Crippen LogP contribution is -2.24. The van der Waals surface area contributed by atoms with Crippen LogP contribution in [-0.2, 0) is 6.18 Å². The Morgan fingerprint density at radius 1 is 1.06 bits per heavy atom. The molecule has 0 aliphatic heterocycles. The molecule has 0 atom stereocenters. The third-order valence-electron chi connectivity index (χ3n) is 4.96. The van der Waals surface area contributed by atoms with Gasteiger partial charge >= 0.3 is 12.4 Å². The number of rotatable bonds is 7. The topological polar surface area (TPSA) is 47.5 Å². The summed E-state index contributed by atoms with van der Waals surface area (Å²) in [4.78, 5) is 8.87. The third-order valence-corrected chi connectivity index (χ3v) is 4.96. The lowest BCUT2D eigenvalue weighted by Gasteiger charge is -2.25. The maximum atomic E-state index is 13.2. The summed E-state index contributed by atoms with van der Waals surface area (Å²) in [6, 6.07) is 6.89. The molecule has 1 aromatic heterocycles. The van der Waals surface area contributed by atoms with Crippen LogP contribution in [0.15, 0.2) is 30.5 Å². The smallest absolute Gasteiger partial charge is 0.423 e. The zero-order valence-electron chi connectivity index (χ0n) is 17.3. The van der Waals surface area contributed by atoms with Crippen LogP contribution in [0.4, 0.5) is 38.0 Å². The van der Waals surface area contributed by atoms with Crippen molar-refractivity contribution in [1.82, 2.24) is 9.97 Å². The molecule has 11 heteroatoms. The van der Waals surface area contributed by atoms with Crippen LogP contribution in [0.25, 0.3) is 0 Å². The first-order valence-corrected chi connectivity index (χ1v) is 10.2. The summed E-state index contributed by atoms with van der Waals surface area (Å²) in [6.45, 7) is 0.0618. The number of nitrogens with zero attached hydrogens (tertiary/aromatic N) is 3. The first-order chi connectivity index (χ1) is 15.1. The van der Waals surface area contributed by atoms with E-state index in [1.165, 1.54) is 11.3 Å². The molecule has 1 aliphatic rings. The van der Waals surface area contributed by atoms with E-state index in [0.29, 0.717) is 17.6 Å². The van der Waals surface area contributed by atoms with Gasteiger partial charge in [0.1, 0.15) is 11.3 Å². The van der Waals surface area contributed by atoms with Crippen LogP contribution in [0.5, 0.6) is 11.6 Å². The Kier molecular flexibility index (Phi) is 7.35. The standard InChI is InChI=1S/C21H23F6N3O2/c1-2-30(14-7-6-10-16(11-14)32-15-8-4-3-5-9-15)19-28-12-17(21(25,26)27)18(29-19)31-13-20(22,23)24/h6-7,10-12,15H,2-5,8-9,13H2,1H3. The fourth-order valence-electron chi connectivity index (χ4n) is 3.48. The van der Waals surface area contributed by atoms with E-state index in [0.717, 1.165) is 25.7 Å². The molecule has 5 nitrogen and oxygen atoms in total. The van der Waals surface area contributed by atoms with E-state index >= 15 is 0 Å². The molecular formula is C21H23F6N3O2. The lowest BCUT2D eigenvalue weighted by molar-refractivity contribution is -0.159. The van der Waals surface area contributed by atoms with Gasteiger partial charge in [0, 0.05) is 24.5 Å². The number of benzene rings is 1. The Labute approximate surface area is 181 Å². The highest BCUT2D eigenvalue weighted by Gasteiger charge is 2.38. The van der Waals surface area contributed by atoms with Crippen molar-refractivity contribution in [2.75, 3.05) is 18.1 Å². The average molecular weight is 463 g/mol. The van der Waals surface area contributed by atoms with Gasteiger partial charge in [0.25, 0.3) is 0 Å². The number of alkyl halides is 6. The van der Waals surface area contributed by atoms with Gasteiger partial charge in [-0.2, -0.15) is 31.3 Å². The molecule has 0 N–H and O–H groups in total. The monoisotopic (exact) mass is 463 g/mol. The molecule has 1 aromatic carbocycles. The number of halogens is 6. The van der Waals surface area contributed by atoms with Crippen molar-refractivity contribution in [2.24, 2.45) is 0 Å². The maximum absolute atomic E-state index is 13.2. The SMILES string of the molecule is CCN(c1cccc(OC2CCCCC2)c1)c1ncc(C(F)(F)F)c(OCC(F)(F)F)n1. The van der Waals surface area contributed by atoms with Crippen molar-refractivity contribution in [3.05, 3.63) is 36.0 Å². The molecule has 1 fully saturated rings. The molecule has 3 rings (SSSR count). The van der Waals surface area contributed by atoms with Gasteiger partial charge in [-0.15, -0.1) is 0 Å². The zero-order valence-corrected chi connectivity index (χ0v) is 17.3. The predicted molar refractivity (Wildman–Crippen MR) is 105 cm³/mol. The van der Waals surface area contributed by atoms with Crippen molar-refractivity contribution in [2.45, 2.75) is 57.5 Å².